The summed E-state index contributed by atoms with van der Waals surface area (Å²) in [5.74, 6) is 1.78. The highest BCUT2D eigenvalue weighted by Gasteiger charge is 2.24. The molecule has 2 rings (SSSR count). The van der Waals surface area contributed by atoms with Gasteiger partial charge in [-0.2, -0.15) is 0 Å². The molecule has 0 saturated heterocycles. The summed E-state index contributed by atoms with van der Waals surface area (Å²) in [6, 6.07) is 0.114. The first-order valence-corrected chi connectivity index (χ1v) is 7.78. The largest absolute Gasteiger partial charge is 0.391 e. The van der Waals surface area contributed by atoms with Crippen LogP contribution in [0.3, 0.4) is 0 Å². The maximum Gasteiger partial charge on any atom is 0.135 e. The van der Waals surface area contributed by atoms with Crippen LogP contribution in [-0.4, -0.2) is 33.8 Å². The van der Waals surface area contributed by atoms with Gasteiger partial charge in [0.25, 0.3) is 0 Å². The van der Waals surface area contributed by atoms with E-state index in [1.165, 1.54) is 6.42 Å². The summed E-state index contributed by atoms with van der Waals surface area (Å²) in [5, 5.41) is 16.9. The molecular weight excluding hydrogens is 252 g/mol. The first-order chi connectivity index (χ1) is 9.76. The third kappa shape index (κ3) is 3.60. The molecule has 0 aromatic carbocycles. The zero-order valence-electron chi connectivity index (χ0n) is 12.5. The molecule has 0 bridgehead atoms. The van der Waals surface area contributed by atoms with E-state index in [4.69, 9.17) is 0 Å². The minimum atomic E-state index is -0.268. The van der Waals surface area contributed by atoms with E-state index in [9.17, 15) is 5.11 Å². The van der Waals surface area contributed by atoms with Crippen LogP contribution in [-0.2, 0) is 6.42 Å². The van der Waals surface area contributed by atoms with E-state index in [0.29, 0.717) is 0 Å². The molecule has 3 N–H and O–H groups in total. The molecule has 2 atom stereocenters. The summed E-state index contributed by atoms with van der Waals surface area (Å²) in [5.41, 5.74) is 1.11. The number of anilines is 2. The van der Waals surface area contributed by atoms with Crippen molar-refractivity contribution < 1.29 is 5.11 Å². The van der Waals surface area contributed by atoms with Crippen molar-refractivity contribution in [3.05, 3.63) is 11.9 Å². The minimum absolute atomic E-state index is 0.114. The summed E-state index contributed by atoms with van der Waals surface area (Å²) in [4.78, 5) is 8.71. The zero-order chi connectivity index (χ0) is 14.4. The Hall–Kier alpha value is -1.36. The van der Waals surface area contributed by atoms with Gasteiger partial charge in [-0.15, -0.1) is 0 Å². The van der Waals surface area contributed by atoms with Crippen molar-refractivity contribution in [1.82, 2.24) is 9.97 Å². The minimum Gasteiger partial charge on any atom is -0.391 e. The van der Waals surface area contributed by atoms with Gasteiger partial charge in [0.05, 0.1) is 12.1 Å². The van der Waals surface area contributed by atoms with Gasteiger partial charge in [0.2, 0.25) is 0 Å². The van der Waals surface area contributed by atoms with Gasteiger partial charge in [0.1, 0.15) is 18.0 Å². The van der Waals surface area contributed by atoms with Crippen molar-refractivity contribution in [2.24, 2.45) is 0 Å². The predicted molar refractivity (Wildman–Crippen MR) is 82.1 cm³/mol. The van der Waals surface area contributed by atoms with Crippen LogP contribution in [0.1, 0.15) is 51.5 Å². The van der Waals surface area contributed by atoms with E-state index in [-0.39, 0.29) is 12.1 Å². The molecule has 1 heterocycles. The molecule has 1 aliphatic rings. The number of nitrogens with one attached hydrogen (secondary N) is 2. The number of hydrogen-bond acceptors (Lipinski definition) is 5. The van der Waals surface area contributed by atoms with Gasteiger partial charge < -0.3 is 15.7 Å². The van der Waals surface area contributed by atoms with Crippen LogP contribution in [0.2, 0.25) is 0 Å². The molecule has 1 fully saturated rings. The zero-order valence-corrected chi connectivity index (χ0v) is 12.5. The fourth-order valence-electron chi connectivity index (χ4n) is 2.72. The van der Waals surface area contributed by atoms with E-state index in [1.54, 1.807) is 6.33 Å². The first kappa shape index (κ1) is 15.0. The lowest BCUT2D eigenvalue weighted by molar-refractivity contribution is 0.116. The summed E-state index contributed by atoms with van der Waals surface area (Å²) in [6.45, 7) is 5.16. The Morgan fingerprint density at radius 2 is 1.95 bits per heavy atom. The summed E-state index contributed by atoms with van der Waals surface area (Å²) in [6.07, 6.45) is 7.44. The Morgan fingerprint density at radius 3 is 2.65 bits per heavy atom. The number of nitrogens with zero attached hydrogens (tertiary/aromatic N) is 2. The highest BCUT2D eigenvalue weighted by molar-refractivity contribution is 5.57. The highest BCUT2D eigenvalue weighted by atomic mass is 16.3. The smallest absolute Gasteiger partial charge is 0.135 e. The third-order valence-corrected chi connectivity index (χ3v) is 3.89. The molecule has 0 aliphatic heterocycles. The molecule has 1 aliphatic carbocycles. The molecule has 5 nitrogen and oxygen atoms in total. The molecule has 1 saturated carbocycles. The first-order valence-electron chi connectivity index (χ1n) is 7.78. The van der Waals surface area contributed by atoms with Crippen LogP contribution in [0, 0.1) is 0 Å². The SMILES string of the molecule is CCCNc1ncnc(NC2CCCCC2O)c1CC. The fourth-order valence-corrected chi connectivity index (χ4v) is 2.72. The number of aliphatic hydroxyl groups is 1. The van der Waals surface area contributed by atoms with Gasteiger partial charge in [-0.25, -0.2) is 9.97 Å². The molecule has 112 valence electrons. The molecule has 1 aromatic rings. The van der Waals surface area contributed by atoms with E-state index in [2.05, 4.69) is 34.4 Å². The van der Waals surface area contributed by atoms with Gasteiger partial charge in [-0.3, -0.25) is 0 Å². The van der Waals surface area contributed by atoms with Crippen LogP contribution >= 0.6 is 0 Å². The standard InChI is InChI=1S/C15H26N4O/c1-3-9-16-14-11(4-2)15(18-10-17-14)19-12-7-5-6-8-13(12)20/h10,12-13,20H,3-9H2,1-2H3,(H2,16,17,18,19). The molecular formula is C15H26N4O. The van der Waals surface area contributed by atoms with Crippen molar-refractivity contribution in [3.8, 4) is 0 Å². The van der Waals surface area contributed by atoms with Crippen molar-refractivity contribution >= 4 is 11.6 Å². The van der Waals surface area contributed by atoms with Crippen molar-refractivity contribution in [3.63, 3.8) is 0 Å². The van der Waals surface area contributed by atoms with Gasteiger partial charge in [-0.05, 0) is 25.7 Å². The van der Waals surface area contributed by atoms with Gasteiger partial charge in [0, 0.05) is 12.1 Å². The Kier molecular flexibility index (Phi) is 5.59. The van der Waals surface area contributed by atoms with Crippen molar-refractivity contribution in [2.75, 3.05) is 17.2 Å². The van der Waals surface area contributed by atoms with Crippen molar-refractivity contribution in [1.29, 1.82) is 0 Å². The second-order valence-corrected chi connectivity index (χ2v) is 5.43. The van der Waals surface area contributed by atoms with Crippen LogP contribution < -0.4 is 10.6 Å². The number of aliphatic hydroxyl groups excluding tert-OH is 1. The van der Waals surface area contributed by atoms with E-state index in [1.807, 2.05) is 0 Å². The normalized spacial score (nSPS) is 22.6. The average Bonchev–Trinajstić information content (AvgIpc) is 2.47. The molecule has 1 aromatic heterocycles. The molecule has 2 unspecified atom stereocenters. The maximum absolute atomic E-state index is 10.1. The lowest BCUT2D eigenvalue weighted by Crippen LogP contribution is -2.37. The Bertz CT molecular complexity index is 424. The summed E-state index contributed by atoms with van der Waals surface area (Å²) in [7, 11) is 0. The van der Waals surface area contributed by atoms with E-state index < -0.39 is 0 Å². The van der Waals surface area contributed by atoms with Gasteiger partial charge in [-0.1, -0.05) is 26.7 Å². The predicted octanol–water partition coefficient (Wildman–Crippen LogP) is 2.58. The Balaban J connectivity index is 2.13. The van der Waals surface area contributed by atoms with Crippen LogP contribution in [0.15, 0.2) is 6.33 Å². The topological polar surface area (TPSA) is 70.1 Å². The van der Waals surface area contributed by atoms with Gasteiger partial charge >= 0.3 is 0 Å². The summed E-state index contributed by atoms with van der Waals surface area (Å²) < 4.78 is 0. The molecule has 0 amide bonds. The average molecular weight is 278 g/mol. The quantitative estimate of drug-likeness (QED) is 0.746. The van der Waals surface area contributed by atoms with Crippen LogP contribution in [0.4, 0.5) is 11.6 Å². The second kappa shape index (κ2) is 7.43. The van der Waals surface area contributed by atoms with Crippen LogP contribution in [0.5, 0.6) is 0 Å². The lowest BCUT2D eigenvalue weighted by atomic mass is 9.92. The maximum atomic E-state index is 10.1. The Morgan fingerprint density at radius 1 is 1.20 bits per heavy atom. The summed E-state index contributed by atoms with van der Waals surface area (Å²) >= 11 is 0. The molecule has 5 heteroatoms. The number of hydrogen-bond donors (Lipinski definition) is 3. The van der Waals surface area contributed by atoms with Crippen molar-refractivity contribution in [2.45, 2.75) is 64.5 Å². The van der Waals surface area contributed by atoms with Gasteiger partial charge in [0.15, 0.2) is 0 Å². The monoisotopic (exact) mass is 278 g/mol. The fraction of sp³-hybridized carbons (Fsp3) is 0.733. The Labute approximate surface area is 121 Å². The molecule has 20 heavy (non-hydrogen) atoms. The number of aromatic nitrogens is 2. The van der Waals surface area contributed by atoms with E-state index in [0.717, 1.165) is 55.8 Å². The van der Waals surface area contributed by atoms with Crippen LogP contribution in [0.25, 0.3) is 0 Å². The van der Waals surface area contributed by atoms with E-state index >= 15 is 0 Å². The highest BCUT2D eigenvalue weighted by Crippen LogP contribution is 2.25. The third-order valence-electron chi connectivity index (χ3n) is 3.89. The second-order valence-electron chi connectivity index (χ2n) is 5.43. The number of rotatable bonds is 6. The molecule has 0 radical (unpaired) electrons. The lowest BCUT2D eigenvalue weighted by Gasteiger charge is -2.29. The molecule has 0 spiro atoms.